The lowest BCUT2D eigenvalue weighted by Crippen LogP contribution is -2.10. The molecule has 0 bridgehead atoms. The second-order valence-electron chi connectivity index (χ2n) is 19.7. The number of hydrogen-bond acceptors (Lipinski definition) is 2. The van der Waals surface area contributed by atoms with Crippen molar-refractivity contribution >= 4 is 93.1 Å². The summed E-state index contributed by atoms with van der Waals surface area (Å²) < 4.78 is 9.25. The molecule has 0 saturated carbocycles. The molecule has 13 aromatic carbocycles. The van der Waals surface area contributed by atoms with Crippen LogP contribution in [0.3, 0.4) is 0 Å². The van der Waals surface area contributed by atoms with Crippen LogP contribution in [0.2, 0.25) is 0 Å². The van der Waals surface area contributed by atoms with E-state index in [2.05, 4.69) is 289 Å². The summed E-state index contributed by atoms with van der Waals surface area (Å²) in [6.07, 6.45) is 0. The highest BCUT2D eigenvalue weighted by molar-refractivity contribution is 6.17. The van der Waals surface area contributed by atoms with Crippen LogP contribution in [0.15, 0.2) is 283 Å². The van der Waals surface area contributed by atoms with Gasteiger partial charge in [-0.2, -0.15) is 0 Å². The maximum Gasteiger partial charge on any atom is 0.143 e. The summed E-state index contributed by atoms with van der Waals surface area (Å²) in [5.41, 5.74) is 17.7. The standard InChI is InChI=1S/C72H46N2O/c1-3-21-61-49(13-1)29-30-56-44-54(36-41-62(56)61)52-16-9-15-51(43-52)47-31-37-57(38-32-47)73(59-19-11-18-55(46-59)64-25-12-26-67-68-42-35-50-14-2-4-22-63(50)71(68)75-72(64)67)58-39-33-48(34-40-58)53-17-10-20-60(45-53)74-69-27-7-5-23-65(69)66-24-6-8-28-70(66)74/h1-46H. The summed E-state index contributed by atoms with van der Waals surface area (Å²) in [5, 5.41) is 12.1. The van der Waals surface area contributed by atoms with E-state index in [0.717, 1.165) is 77.9 Å². The molecule has 15 aromatic rings. The Kier molecular flexibility index (Phi) is 9.89. The molecule has 0 aliphatic heterocycles. The van der Waals surface area contributed by atoms with Crippen LogP contribution in [0.4, 0.5) is 17.1 Å². The molecule has 350 valence electrons. The summed E-state index contributed by atoms with van der Waals surface area (Å²) in [6.45, 7) is 0. The fourth-order valence-electron chi connectivity index (χ4n) is 11.7. The first kappa shape index (κ1) is 42.7. The Morgan fingerprint density at radius 2 is 0.733 bits per heavy atom. The van der Waals surface area contributed by atoms with Crippen molar-refractivity contribution < 1.29 is 4.42 Å². The molecule has 0 unspecified atom stereocenters. The Labute approximate surface area is 434 Å². The summed E-state index contributed by atoms with van der Waals surface area (Å²) >= 11 is 0. The van der Waals surface area contributed by atoms with Crippen molar-refractivity contribution in [2.45, 2.75) is 0 Å². The first-order valence-electron chi connectivity index (χ1n) is 25.7. The fraction of sp³-hybridized carbons (Fsp3) is 0. The second-order valence-corrected chi connectivity index (χ2v) is 19.7. The van der Waals surface area contributed by atoms with E-state index in [-0.39, 0.29) is 0 Å². The molecule has 0 amide bonds. The molecule has 0 spiro atoms. The molecule has 3 nitrogen and oxygen atoms in total. The van der Waals surface area contributed by atoms with Gasteiger partial charge >= 0.3 is 0 Å². The number of fused-ring (bicyclic) bond motifs is 11. The number of aromatic nitrogens is 1. The van der Waals surface area contributed by atoms with Crippen LogP contribution in [0.5, 0.6) is 0 Å². The molecule has 0 aliphatic carbocycles. The molecule has 75 heavy (non-hydrogen) atoms. The van der Waals surface area contributed by atoms with Crippen LogP contribution < -0.4 is 4.90 Å². The van der Waals surface area contributed by atoms with Crippen LogP contribution in [0.1, 0.15) is 0 Å². The van der Waals surface area contributed by atoms with Crippen LogP contribution in [0, 0.1) is 0 Å². The minimum Gasteiger partial charge on any atom is -0.455 e. The number of hydrogen-bond donors (Lipinski definition) is 0. The van der Waals surface area contributed by atoms with Crippen LogP contribution in [-0.2, 0) is 0 Å². The molecular weight excluding hydrogens is 909 g/mol. The fourth-order valence-corrected chi connectivity index (χ4v) is 11.7. The first-order valence-corrected chi connectivity index (χ1v) is 25.7. The van der Waals surface area contributed by atoms with Crippen LogP contribution in [0.25, 0.3) is 126 Å². The lowest BCUT2D eigenvalue weighted by molar-refractivity contribution is 0.674. The third-order valence-corrected chi connectivity index (χ3v) is 15.3. The van der Waals surface area contributed by atoms with Gasteiger partial charge in [0.25, 0.3) is 0 Å². The minimum atomic E-state index is 0.892. The Hall–Kier alpha value is -9.96. The van der Waals surface area contributed by atoms with Gasteiger partial charge in [-0.3, -0.25) is 0 Å². The molecule has 15 rings (SSSR count). The lowest BCUT2D eigenvalue weighted by atomic mass is 9.95. The van der Waals surface area contributed by atoms with E-state index in [1.54, 1.807) is 0 Å². The molecule has 2 aromatic heterocycles. The zero-order valence-electron chi connectivity index (χ0n) is 40.9. The van der Waals surface area contributed by atoms with Gasteiger partial charge in [0.1, 0.15) is 11.2 Å². The maximum absolute atomic E-state index is 6.86. The molecule has 3 heteroatoms. The largest absolute Gasteiger partial charge is 0.455 e. The van der Waals surface area contributed by atoms with Gasteiger partial charge in [-0.05, 0) is 145 Å². The number of nitrogens with zero attached hydrogens (tertiary/aromatic N) is 2. The first-order chi connectivity index (χ1) is 37.2. The molecule has 0 aliphatic rings. The van der Waals surface area contributed by atoms with Crippen LogP contribution in [-0.4, -0.2) is 4.57 Å². The molecular formula is C72H46N2O. The number of benzene rings is 13. The number of anilines is 3. The van der Waals surface area contributed by atoms with Crippen molar-refractivity contribution in [1.29, 1.82) is 0 Å². The van der Waals surface area contributed by atoms with Gasteiger partial charge in [0, 0.05) is 55.2 Å². The van der Waals surface area contributed by atoms with E-state index >= 15 is 0 Å². The zero-order valence-corrected chi connectivity index (χ0v) is 40.9. The third-order valence-electron chi connectivity index (χ3n) is 15.3. The number of rotatable bonds is 8. The molecule has 0 atom stereocenters. The Balaban J connectivity index is 0.815. The van der Waals surface area contributed by atoms with E-state index < -0.39 is 0 Å². The molecule has 0 radical (unpaired) electrons. The van der Waals surface area contributed by atoms with Gasteiger partial charge in [0.2, 0.25) is 0 Å². The topological polar surface area (TPSA) is 21.3 Å². The highest BCUT2D eigenvalue weighted by Crippen LogP contribution is 2.43. The second kappa shape index (κ2) is 17.4. The number of furan rings is 1. The smallest absolute Gasteiger partial charge is 0.143 e. The van der Waals surface area contributed by atoms with Crippen molar-refractivity contribution in [3.63, 3.8) is 0 Å². The van der Waals surface area contributed by atoms with Gasteiger partial charge in [-0.1, -0.05) is 200 Å². The van der Waals surface area contributed by atoms with E-state index in [1.165, 1.54) is 65.4 Å². The zero-order chi connectivity index (χ0) is 49.4. The molecule has 0 N–H and O–H groups in total. The van der Waals surface area contributed by atoms with Crippen molar-refractivity contribution in [3.8, 4) is 50.2 Å². The quantitative estimate of drug-likeness (QED) is 0.142. The summed E-state index contributed by atoms with van der Waals surface area (Å²) in [4.78, 5) is 2.37. The Bertz CT molecular complexity index is 4660. The van der Waals surface area contributed by atoms with E-state index in [4.69, 9.17) is 4.42 Å². The molecule has 0 fully saturated rings. The maximum atomic E-state index is 6.86. The molecule has 2 heterocycles. The predicted octanol–water partition coefficient (Wildman–Crippen LogP) is 20.3. The van der Waals surface area contributed by atoms with E-state index in [9.17, 15) is 0 Å². The molecule has 0 saturated heterocycles. The van der Waals surface area contributed by atoms with Gasteiger partial charge in [0.15, 0.2) is 0 Å². The lowest BCUT2D eigenvalue weighted by Gasteiger charge is -2.26. The normalized spacial score (nSPS) is 11.7. The SMILES string of the molecule is c1cc(-c2ccc(N(c3ccc(-c4cccc(-n5c6ccccc6c6ccccc65)c4)cc3)c3cccc(-c4cccc5c4oc4c6ccccc6ccc54)c3)cc2)cc(-c2ccc3c(ccc4ccccc43)c2)c1. The van der Waals surface area contributed by atoms with Gasteiger partial charge in [0.05, 0.1) is 11.0 Å². The number of para-hydroxylation sites is 3. The highest BCUT2D eigenvalue weighted by atomic mass is 16.3. The predicted molar refractivity (Wildman–Crippen MR) is 317 cm³/mol. The average molecular weight is 955 g/mol. The Morgan fingerprint density at radius 1 is 0.253 bits per heavy atom. The third kappa shape index (κ3) is 7.20. The van der Waals surface area contributed by atoms with E-state index in [0.29, 0.717) is 0 Å². The van der Waals surface area contributed by atoms with Crippen molar-refractivity contribution in [1.82, 2.24) is 4.57 Å². The minimum absolute atomic E-state index is 0.892. The Morgan fingerprint density at radius 3 is 1.47 bits per heavy atom. The summed E-state index contributed by atoms with van der Waals surface area (Å²) in [6, 6.07) is 101. The monoisotopic (exact) mass is 954 g/mol. The van der Waals surface area contributed by atoms with Gasteiger partial charge in [-0.15, -0.1) is 0 Å². The average Bonchev–Trinajstić information content (AvgIpc) is 4.07. The summed E-state index contributed by atoms with van der Waals surface area (Å²) in [5.74, 6) is 0. The van der Waals surface area contributed by atoms with Crippen LogP contribution >= 0.6 is 0 Å². The van der Waals surface area contributed by atoms with Crippen molar-refractivity contribution in [2.24, 2.45) is 0 Å². The van der Waals surface area contributed by atoms with Crippen molar-refractivity contribution in [2.75, 3.05) is 4.90 Å². The van der Waals surface area contributed by atoms with Gasteiger partial charge < -0.3 is 13.9 Å². The summed E-state index contributed by atoms with van der Waals surface area (Å²) in [7, 11) is 0. The van der Waals surface area contributed by atoms with Gasteiger partial charge in [-0.25, -0.2) is 0 Å². The van der Waals surface area contributed by atoms with Crippen molar-refractivity contribution in [3.05, 3.63) is 279 Å². The van der Waals surface area contributed by atoms with E-state index in [1.807, 2.05) is 0 Å². The highest BCUT2D eigenvalue weighted by Gasteiger charge is 2.19.